The molecule has 0 aliphatic heterocycles. The maximum absolute atomic E-state index is 9.41. The van der Waals surface area contributed by atoms with Gasteiger partial charge in [-0.05, 0) is 72.8 Å². The number of phenolic OH excluding ortho intramolecular Hbond substituents is 1. The number of aromatic hydroxyl groups is 1. The van der Waals surface area contributed by atoms with Crippen LogP contribution >= 0.6 is 0 Å². The molecule has 3 atom stereocenters. The summed E-state index contributed by atoms with van der Waals surface area (Å²) in [7, 11) is 0. The second-order valence-electron chi connectivity index (χ2n) is 8.06. The molecule has 2 N–H and O–H groups in total. The minimum absolute atomic E-state index is 0.210. The van der Waals surface area contributed by atoms with Crippen LogP contribution < -0.4 is 0 Å². The van der Waals surface area contributed by atoms with E-state index in [4.69, 9.17) is 5.11 Å². The second kappa shape index (κ2) is 10.3. The number of allylic oxidation sites excluding steroid dienone is 4. The molecule has 0 heterocycles. The molecule has 1 saturated carbocycles. The zero-order chi connectivity index (χ0) is 19.7. The van der Waals surface area contributed by atoms with Crippen molar-refractivity contribution in [3.05, 3.63) is 66.5 Å². The Labute approximate surface area is 160 Å². The van der Waals surface area contributed by atoms with Crippen LogP contribution in [0.5, 0.6) is 5.75 Å². The first-order valence-corrected chi connectivity index (χ1v) is 9.66. The molecule has 0 saturated heterocycles. The van der Waals surface area contributed by atoms with Gasteiger partial charge in [-0.3, -0.25) is 0 Å². The zero-order valence-electron chi connectivity index (χ0n) is 17.1. The minimum atomic E-state index is 0.210. The van der Waals surface area contributed by atoms with E-state index in [9.17, 15) is 5.11 Å². The fourth-order valence-corrected chi connectivity index (χ4v) is 3.68. The summed E-state index contributed by atoms with van der Waals surface area (Å²) in [4.78, 5) is 0. The van der Waals surface area contributed by atoms with E-state index in [-0.39, 0.29) is 11.2 Å². The molecule has 2 heteroatoms. The van der Waals surface area contributed by atoms with Crippen molar-refractivity contribution in [1.29, 1.82) is 0 Å². The van der Waals surface area contributed by atoms with Gasteiger partial charge in [0.15, 0.2) is 0 Å². The Hall–Kier alpha value is -1.96. The molecule has 1 fully saturated rings. The Morgan fingerprint density at radius 2 is 1.73 bits per heavy atom. The Morgan fingerprint density at radius 1 is 1.12 bits per heavy atom. The predicted molar refractivity (Wildman–Crippen MR) is 113 cm³/mol. The summed E-state index contributed by atoms with van der Waals surface area (Å²) in [5, 5.41) is 18.2. The number of phenols is 1. The van der Waals surface area contributed by atoms with E-state index in [2.05, 4.69) is 46.4 Å². The van der Waals surface area contributed by atoms with Gasteiger partial charge in [-0.1, -0.05) is 65.0 Å². The van der Waals surface area contributed by atoms with E-state index < -0.39 is 0 Å². The molecular formula is C24H36O2. The summed E-state index contributed by atoms with van der Waals surface area (Å²) in [5.74, 6) is 3.06. The van der Waals surface area contributed by atoms with Gasteiger partial charge in [0.2, 0.25) is 0 Å². The lowest BCUT2D eigenvalue weighted by atomic mass is 9.63. The molecule has 26 heavy (non-hydrogen) atoms. The Balaban J connectivity index is 0.000000359. The van der Waals surface area contributed by atoms with Gasteiger partial charge in [0.1, 0.15) is 11.5 Å². The van der Waals surface area contributed by atoms with Crippen LogP contribution in [0.25, 0.3) is 0 Å². The largest absolute Gasteiger partial charge is 0.508 e. The summed E-state index contributed by atoms with van der Waals surface area (Å²) < 4.78 is 0. The SMILES string of the molecule is C=C/C=C(O)\C=C/C.CC1CCC(C(C)(C)c2ccc(O)cc2)CC1C. The number of hydrogen-bond donors (Lipinski definition) is 2. The van der Waals surface area contributed by atoms with Gasteiger partial charge < -0.3 is 10.2 Å². The molecule has 0 aromatic heterocycles. The lowest BCUT2D eigenvalue weighted by Gasteiger charge is -2.42. The number of benzene rings is 1. The molecule has 1 aliphatic carbocycles. The number of aliphatic hydroxyl groups is 1. The van der Waals surface area contributed by atoms with Crippen LogP contribution in [0.2, 0.25) is 0 Å². The van der Waals surface area contributed by atoms with Crippen molar-refractivity contribution in [2.24, 2.45) is 17.8 Å². The normalized spacial score (nSPS) is 24.0. The summed E-state index contributed by atoms with van der Waals surface area (Å²) in [6.45, 7) is 14.7. The van der Waals surface area contributed by atoms with Crippen LogP contribution in [0, 0.1) is 17.8 Å². The number of aliphatic hydroxyl groups excluding tert-OH is 1. The first-order valence-electron chi connectivity index (χ1n) is 9.66. The van der Waals surface area contributed by atoms with Crippen LogP contribution in [0.1, 0.15) is 59.4 Å². The first-order chi connectivity index (χ1) is 12.2. The van der Waals surface area contributed by atoms with E-state index in [1.807, 2.05) is 19.1 Å². The van der Waals surface area contributed by atoms with Gasteiger partial charge in [0.05, 0.1) is 0 Å². The Bertz CT molecular complexity index is 608. The molecular weight excluding hydrogens is 320 g/mol. The topological polar surface area (TPSA) is 40.5 Å². The highest BCUT2D eigenvalue weighted by Crippen LogP contribution is 2.44. The van der Waals surface area contributed by atoms with E-state index in [1.165, 1.54) is 37.0 Å². The maximum atomic E-state index is 9.41. The zero-order valence-corrected chi connectivity index (χ0v) is 17.1. The lowest BCUT2D eigenvalue weighted by molar-refractivity contribution is 0.148. The van der Waals surface area contributed by atoms with Crippen LogP contribution in [0.3, 0.4) is 0 Å². The molecule has 1 aromatic carbocycles. The molecule has 2 nitrogen and oxygen atoms in total. The lowest BCUT2D eigenvalue weighted by Crippen LogP contribution is -2.34. The van der Waals surface area contributed by atoms with Crippen molar-refractivity contribution in [2.45, 2.75) is 59.3 Å². The summed E-state index contributed by atoms with van der Waals surface area (Å²) in [6, 6.07) is 7.79. The van der Waals surface area contributed by atoms with Crippen LogP contribution in [0.15, 0.2) is 60.9 Å². The van der Waals surface area contributed by atoms with Gasteiger partial charge >= 0.3 is 0 Å². The smallest absolute Gasteiger partial charge is 0.115 e. The van der Waals surface area contributed by atoms with Crippen molar-refractivity contribution >= 4 is 0 Å². The van der Waals surface area contributed by atoms with Crippen LogP contribution in [-0.4, -0.2) is 10.2 Å². The van der Waals surface area contributed by atoms with Crippen LogP contribution in [0.4, 0.5) is 0 Å². The number of rotatable bonds is 4. The third-order valence-corrected chi connectivity index (χ3v) is 5.86. The molecule has 2 rings (SSSR count). The number of hydrogen-bond acceptors (Lipinski definition) is 2. The highest BCUT2D eigenvalue weighted by molar-refractivity contribution is 5.31. The summed E-state index contributed by atoms with van der Waals surface area (Å²) >= 11 is 0. The van der Waals surface area contributed by atoms with Crippen molar-refractivity contribution in [3.8, 4) is 5.75 Å². The fourth-order valence-electron chi connectivity index (χ4n) is 3.68. The third kappa shape index (κ3) is 6.40. The highest BCUT2D eigenvalue weighted by atomic mass is 16.3. The molecule has 0 bridgehead atoms. The van der Waals surface area contributed by atoms with Crippen molar-refractivity contribution in [3.63, 3.8) is 0 Å². The van der Waals surface area contributed by atoms with Crippen molar-refractivity contribution < 1.29 is 10.2 Å². The minimum Gasteiger partial charge on any atom is -0.508 e. The van der Waals surface area contributed by atoms with Gasteiger partial charge in [-0.15, -0.1) is 0 Å². The Kier molecular flexibility index (Phi) is 8.71. The van der Waals surface area contributed by atoms with Crippen molar-refractivity contribution in [1.82, 2.24) is 0 Å². The average Bonchev–Trinajstić information content (AvgIpc) is 2.59. The standard InChI is InChI=1S/C17H26O.C7H10O/c1-12-5-6-15(11-13(12)2)17(3,4)14-7-9-16(18)10-8-14;1-3-5-7(8)6-4-2/h7-10,12-13,15,18H,5-6,11H2,1-4H3;3-6,8H,1H2,2H3/b;6-4-,7-5+. The average molecular weight is 357 g/mol. The predicted octanol–water partition coefficient (Wildman–Crippen LogP) is 6.93. The molecule has 0 radical (unpaired) electrons. The van der Waals surface area contributed by atoms with E-state index >= 15 is 0 Å². The molecule has 0 spiro atoms. The van der Waals surface area contributed by atoms with E-state index in [1.54, 1.807) is 12.2 Å². The fraction of sp³-hybridized carbons (Fsp3) is 0.500. The highest BCUT2D eigenvalue weighted by Gasteiger charge is 2.36. The third-order valence-electron chi connectivity index (χ3n) is 5.86. The molecule has 3 unspecified atom stereocenters. The molecule has 0 amide bonds. The second-order valence-corrected chi connectivity index (χ2v) is 8.06. The Morgan fingerprint density at radius 3 is 2.23 bits per heavy atom. The van der Waals surface area contributed by atoms with Gasteiger partial charge in [0, 0.05) is 0 Å². The molecule has 144 valence electrons. The quantitative estimate of drug-likeness (QED) is 0.453. The van der Waals surface area contributed by atoms with Gasteiger partial charge in [-0.25, -0.2) is 0 Å². The summed E-state index contributed by atoms with van der Waals surface area (Å²) in [6.07, 6.45) is 10.4. The molecule has 1 aliphatic rings. The van der Waals surface area contributed by atoms with E-state index in [0.717, 1.165) is 17.8 Å². The summed E-state index contributed by atoms with van der Waals surface area (Å²) in [5.41, 5.74) is 1.56. The van der Waals surface area contributed by atoms with Gasteiger partial charge in [-0.2, -0.15) is 0 Å². The molecule has 1 aromatic rings. The van der Waals surface area contributed by atoms with Crippen LogP contribution in [-0.2, 0) is 5.41 Å². The maximum Gasteiger partial charge on any atom is 0.115 e. The van der Waals surface area contributed by atoms with Crippen molar-refractivity contribution in [2.75, 3.05) is 0 Å². The van der Waals surface area contributed by atoms with E-state index in [0.29, 0.717) is 5.75 Å². The first kappa shape index (κ1) is 22.1. The monoisotopic (exact) mass is 356 g/mol. The van der Waals surface area contributed by atoms with Gasteiger partial charge in [0.25, 0.3) is 0 Å².